The minimum atomic E-state index is -0.595. The highest BCUT2D eigenvalue weighted by molar-refractivity contribution is 5.98. The molecular weight excluding hydrogens is 234 g/mol. The van der Waals surface area contributed by atoms with E-state index >= 15 is 0 Å². The largest absolute Gasteiger partial charge is 0.282 e. The molecule has 1 N–H and O–H groups in total. The molecule has 1 amide bonds. The lowest BCUT2D eigenvalue weighted by Gasteiger charge is -2.09. The Kier molecular flexibility index (Phi) is 4.14. The molecule has 0 aromatic heterocycles. The third-order valence-corrected chi connectivity index (χ3v) is 1.96. The van der Waals surface area contributed by atoms with Crippen molar-refractivity contribution >= 4 is 17.8 Å². The zero-order valence-electron chi connectivity index (χ0n) is 10.5. The molecule has 6 nitrogen and oxygen atoms in total. The van der Waals surface area contributed by atoms with E-state index in [1.54, 1.807) is 12.3 Å². The van der Waals surface area contributed by atoms with Crippen molar-refractivity contribution in [2.45, 2.75) is 20.8 Å². The summed E-state index contributed by atoms with van der Waals surface area (Å²) >= 11 is 0. The average molecular weight is 249 g/mol. The average Bonchev–Trinajstić information content (AvgIpc) is 2.27. The van der Waals surface area contributed by atoms with E-state index < -0.39 is 10.8 Å². The van der Waals surface area contributed by atoms with Gasteiger partial charge in [-0.15, -0.1) is 0 Å². The van der Waals surface area contributed by atoms with E-state index in [1.807, 2.05) is 20.8 Å². The van der Waals surface area contributed by atoms with E-state index in [1.165, 1.54) is 18.2 Å². The van der Waals surface area contributed by atoms with Crippen LogP contribution in [0, 0.1) is 15.5 Å². The van der Waals surface area contributed by atoms with Crippen molar-refractivity contribution in [1.82, 2.24) is 5.43 Å². The maximum atomic E-state index is 11.7. The number of carbonyl (C=O) groups excluding carboxylic acids is 1. The molecule has 0 saturated carbocycles. The van der Waals surface area contributed by atoms with E-state index in [4.69, 9.17) is 0 Å². The number of carbonyl (C=O) groups is 1. The Bertz CT molecular complexity index is 490. The number of nitrogens with zero attached hydrogens (tertiary/aromatic N) is 2. The summed E-state index contributed by atoms with van der Waals surface area (Å²) in [5, 5.41) is 14.5. The highest BCUT2D eigenvalue weighted by Gasteiger charge is 2.18. The van der Waals surface area contributed by atoms with Crippen LogP contribution in [0.3, 0.4) is 0 Å². The van der Waals surface area contributed by atoms with Crippen LogP contribution in [0.1, 0.15) is 31.1 Å². The Morgan fingerprint density at radius 2 is 2.00 bits per heavy atom. The molecule has 1 aromatic carbocycles. The number of hydrogen-bond donors (Lipinski definition) is 1. The molecule has 0 atom stereocenters. The number of nitrogens with one attached hydrogen (secondary N) is 1. The molecule has 18 heavy (non-hydrogen) atoms. The molecular formula is C12H15N3O3. The Hall–Kier alpha value is -2.24. The monoisotopic (exact) mass is 249 g/mol. The third-order valence-electron chi connectivity index (χ3n) is 1.96. The normalized spacial score (nSPS) is 11.5. The van der Waals surface area contributed by atoms with E-state index in [2.05, 4.69) is 10.5 Å². The second kappa shape index (κ2) is 5.39. The number of hydrogen-bond acceptors (Lipinski definition) is 4. The van der Waals surface area contributed by atoms with Gasteiger partial charge in [-0.2, -0.15) is 5.10 Å². The highest BCUT2D eigenvalue weighted by Crippen LogP contribution is 2.17. The lowest BCUT2D eigenvalue weighted by molar-refractivity contribution is -0.385. The number of nitro groups is 1. The highest BCUT2D eigenvalue weighted by atomic mass is 16.6. The molecule has 0 bridgehead atoms. The lowest BCUT2D eigenvalue weighted by atomic mass is 9.99. The summed E-state index contributed by atoms with van der Waals surface area (Å²) in [5.41, 5.74) is 1.86. The molecule has 0 saturated heterocycles. The molecule has 0 aliphatic heterocycles. The molecule has 6 heteroatoms. The Labute approximate surface area is 105 Å². The second-order valence-corrected chi connectivity index (χ2v) is 4.84. The van der Waals surface area contributed by atoms with Crippen LogP contribution in [-0.4, -0.2) is 17.0 Å². The van der Waals surface area contributed by atoms with Crippen LogP contribution in [0.2, 0.25) is 0 Å². The van der Waals surface area contributed by atoms with Crippen LogP contribution in [0.25, 0.3) is 0 Å². The maximum absolute atomic E-state index is 11.7. The standard InChI is InChI=1S/C12H15N3O3/c1-12(2,3)8-13-14-11(16)9-6-4-5-7-10(9)15(17)18/h4-8H,1-3H3,(H,14,16). The predicted molar refractivity (Wildman–Crippen MR) is 68.5 cm³/mol. The van der Waals surface area contributed by atoms with Gasteiger partial charge in [0.25, 0.3) is 11.6 Å². The van der Waals surface area contributed by atoms with Gasteiger partial charge in [0, 0.05) is 12.3 Å². The summed E-state index contributed by atoms with van der Waals surface area (Å²) in [7, 11) is 0. The number of para-hydroxylation sites is 1. The van der Waals surface area contributed by atoms with Gasteiger partial charge < -0.3 is 0 Å². The van der Waals surface area contributed by atoms with Crippen molar-refractivity contribution in [2.75, 3.05) is 0 Å². The van der Waals surface area contributed by atoms with E-state index in [0.29, 0.717) is 0 Å². The van der Waals surface area contributed by atoms with Gasteiger partial charge in [-0.1, -0.05) is 32.9 Å². The summed E-state index contributed by atoms with van der Waals surface area (Å²) < 4.78 is 0. The summed E-state index contributed by atoms with van der Waals surface area (Å²) in [6, 6.07) is 5.74. The molecule has 0 aliphatic carbocycles. The first-order valence-electron chi connectivity index (χ1n) is 5.39. The molecule has 0 heterocycles. The molecule has 0 unspecified atom stereocenters. The van der Waals surface area contributed by atoms with Gasteiger partial charge in [0.05, 0.1) is 4.92 Å². The van der Waals surface area contributed by atoms with Crippen LogP contribution in [0.5, 0.6) is 0 Å². The van der Waals surface area contributed by atoms with Gasteiger partial charge in [0.15, 0.2) is 0 Å². The Morgan fingerprint density at radius 3 is 2.56 bits per heavy atom. The predicted octanol–water partition coefficient (Wildman–Crippen LogP) is 2.36. The van der Waals surface area contributed by atoms with Gasteiger partial charge in [-0.05, 0) is 11.5 Å². The van der Waals surface area contributed by atoms with Crippen molar-refractivity contribution in [2.24, 2.45) is 10.5 Å². The SMILES string of the molecule is CC(C)(C)C=NNC(=O)c1ccccc1[N+](=O)[O-]. The molecule has 96 valence electrons. The van der Waals surface area contributed by atoms with Crippen LogP contribution in [-0.2, 0) is 0 Å². The summed E-state index contributed by atoms with van der Waals surface area (Å²) in [6.45, 7) is 5.77. The number of hydrazone groups is 1. The van der Waals surface area contributed by atoms with Crippen LogP contribution >= 0.6 is 0 Å². The summed E-state index contributed by atoms with van der Waals surface area (Å²) in [5.74, 6) is -0.595. The zero-order valence-corrected chi connectivity index (χ0v) is 10.5. The van der Waals surface area contributed by atoms with Crippen LogP contribution in [0.15, 0.2) is 29.4 Å². The van der Waals surface area contributed by atoms with Crippen molar-refractivity contribution in [3.05, 3.63) is 39.9 Å². The Morgan fingerprint density at radius 1 is 1.39 bits per heavy atom. The summed E-state index contributed by atoms with van der Waals surface area (Å²) in [6.07, 6.45) is 1.57. The molecule has 1 aromatic rings. The first-order valence-corrected chi connectivity index (χ1v) is 5.39. The minimum Gasteiger partial charge on any atom is -0.267 e. The van der Waals surface area contributed by atoms with Gasteiger partial charge in [0.2, 0.25) is 0 Å². The van der Waals surface area contributed by atoms with E-state index in [0.717, 1.165) is 0 Å². The van der Waals surface area contributed by atoms with E-state index in [-0.39, 0.29) is 16.7 Å². The fourth-order valence-corrected chi connectivity index (χ4v) is 1.17. The van der Waals surface area contributed by atoms with Crippen LogP contribution in [0.4, 0.5) is 5.69 Å². The van der Waals surface area contributed by atoms with Gasteiger partial charge in [-0.25, -0.2) is 5.43 Å². The zero-order chi connectivity index (χ0) is 13.8. The topological polar surface area (TPSA) is 84.6 Å². The van der Waals surface area contributed by atoms with Crippen molar-refractivity contribution in [1.29, 1.82) is 0 Å². The molecule has 0 radical (unpaired) electrons. The van der Waals surface area contributed by atoms with Crippen molar-refractivity contribution < 1.29 is 9.72 Å². The van der Waals surface area contributed by atoms with Crippen molar-refractivity contribution in [3.8, 4) is 0 Å². The minimum absolute atomic E-state index is 0.00596. The second-order valence-electron chi connectivity index (χ2n) is 4.84. The quantitative estimate of drug-likeness (QED) is 0.507. The van der Waals surface area contributed by atoms with Gasteiger partial charge in [-0.3, -0.25) is 14.9 Å². The molecule has 0 fully saturated rings. The maximum Gasteiger partial charge on any atom is 0.282 e. The fraction of sp³-hybridized carbons (Fsp3) is 0.333. The first-order chi connectivity index (χ1) is 8.31. The summed E-state index contributed by atoms with van der Waals surface area (Å²) in [4.78, 5) is 21.9. The third kappa shape index (κ3) is 3.97. The van der Waals surface area contributed by atoms with Gasteiger partial charge in [0.1, 0.15) is 5.56 Å². The van der Waals surface area contributed by atoms with Gasteiger partial charge >= 0.3 is 0 Å². The fourth-order valence-electron chi connectivity index (χ4n) is 1.17. The van der Waals surface area contributed by atoms with Crippen LogP contribution < -0.4 is 5.43 Å². The smallest absolute Gasteiger partial charge is 0.267 e. The number of rotatable bonds is 3. The van der Waals surface area contributed by atoms with E-state index in [9.17, 15) is 14.9 Å². The van der Waals surface area contributed by atoms with Crippen molar-refractivity contribution in [3.63, 3.8) is 0 Å². The molecule has 1 rings (SSSR count). The first kappa shape index (κ1) is 13.8. The lowest BCUT2D eigenvalue weighted by Crippen LogP contribution is -2.20. The number of benzene rings is 1. The number of amides is 1. The number of nitro benzene ring substituents is 1. The molecule has 0 spiro atoms. The Balaban J connectivity index is 2.86. The molecule has 0 aliphatic rings.